The summed E-state index contributed by atoms with van der Waals surface area (Å²) in [7, 11) is 1.89. The molecule has 0 aliphatic rings. The molecule has 0 saturated heterocycles. The van der Waals surface area contributed by atoms with Crippen LogP contribution in [-0.2, 0) is 0 Å². The minimum Gasteiger partial charge on any atom is -0.365 e. The minimum atomic E-state index is 0.846. The highest BCUT2D eigenvalue weighted by Crippen LogP contribution is 2.33. The van der Waals surface area contributed by atoms with Crippen LogP contribution < -0.4 is 5.32 Å². The van der Waals surface area contributed by atoms with E-state index in [-0.39, 0.29) is 0 Å². The molecule has 2 aromatic heterocycles. The summed E-state index contributed by atoms with van der Waals surface area (Å²) in [6.45, 7) is 3.92. The molecule has 0 unspecified atom stereocenters. The first-order chi connectivity index (χ1) is 11.7. The number of hydrogen-bond donors (Lipinski definition) is 1. The number of nitrogens with zero attached hydrogens (tertiary/aromatic N) is 2. The Bertz CT molecular complexity index is 1010. The number of fused-ring (bicyclic) bond motifs is 1. The molecule has 0 atom stereocenters. The predicted octanol–water partition coefficient (Wildman–Crippen LogP) is 5.28. The Morgan fingerprint density at radius 2 is 1.79 bits per heavy atom. The van der Waals surface area contributed by atoms with Crippen molar-refractivity contribution in [1.29, 1.82) is 0 Å². The fourth-order valence-corrected chi connectivity index (χ4v) is 3.76. The molecule has 0 aliphatic heterocycles. The highest BCUT2D eigenvalue weighted by atomic mass is 32.1. The van der Waals surface area contributed by atoms with E-state index in [1.807, 2.05) is 20.9 Å². The quantitative estimate of drug-likeness (QED) is 0.553. The van der Waals surface area contributed by atoms with E-state index in [4.69, 9.17) is 4.52 Å². The van der Waals surface area contributed by atoms with Crippen molar-refractivity contribution in [2.24, 2.45) is 0 Å². The Hall–Kier alpha value is -2.66. The number of thiazole rings is 1. The van der Waals surface area contributed by atoms with E-state index in [2.05, 4.69) is 57.9 Å². The predicted molar refractivity (Wildman–Crippen MR) is 99.6 cm³/mol. The number of hydrogen-bond acceptors (Lipinski definition) is 5. The lowest BCUT2D eigenvalue weighted by Crippen LogP contribution is -1.85. The molecular formula is C19H17N3OS. The van der Waals surface area contributed by atoms with Crippen molar-refractivity contribution in [1.82, 2.24) is 10.1 Å². The van der Waals surface area contributed by atoms with Crippen molar-refractivity contribution in [2.45, 2.75) is 13.8 Å². The number of anilines is 1. The van der Waals surface area contributed by atoms with Crippen molar-refractivity contribution < 1.29 is 4.52 Å². The van der Waals surface area contributed by atoms with Crippen LogP contribution in [0.5, 0.6) is 0 Å². The maximum atomic E-state index is 5.30. The molecule has 0 saturated carbocycles. The summed E-state index contributed by atoms with van der Waals surface area (Å²) in [5.41, 5.74) is 6.45. The van der Waals surface area contributed by atoms with Crippen LogP contribution in [-0.4, -0.2) is 17.2 Å². The summed E-state index contributed by atoms with van der Waals surface area (Å²) in [5.74, 6) is 0.846. The van der Waals surface area contributed by atoms with Gasteiger partial charge in [0.05, 0.1) is 15.9 Å². The van der Waals surface area contributed by atoms with Gasteiger partial charge < -0.3 is 9.84 Å². The zero-order valence-electron chi connectivity index (χ0n) is 13.8. The smallest absolute Gasteiger partial charge is 0.183 e. The maximum Gasteiger partial charge on any atom is 0.183 e. The van der Waals surface area contributed by atoms with E-state index in [0.717, 1.165) is 44.4 Å². The van der Waals surface area contributed by atoms with E-state index in [0.29, 0.717) is 0 Å². The van der Waals surface area contributed by atoms with Crippen LogP contribution in [0.15, 0.2) is 47.0 Å². The second kappa shape index (κ2) is 5.76. The molecule has 2 aromatic carbocycles. The van der Waals surface area contributed by atoms with Crippen LogP contribution in [0.4, 0.5) is 5.13 Å². The molecule has 0 aliphatic carbocycles. The van der Waals surface area contributed by atoms with Gasteiger partial charge in [-0.1, -0.05) is 40.8 Å². The molecular weight excluding hydrogens is 318 g/mol. The lowest BCUT2D eigenvalue weighted by Gasteiger charge is -2.06. The average molecular weight is 335 g/mol. The topological polar surface area (TPSA) is 51.0 Å². The van der Waals surface area contributed by atoms with Crippen molar-refractivity contribution in [3.8, 4) is 22.3 Å². The van der Waals surface area contributed by atoms with Gasteiger partial charge in [0, 0.05) is 12.6 Å². The van der Waals surface area contributed by atoms with Crippen LogP contribution in [0.25, 0.3) is 32.5 Å². The van der Waals surface area contributed by atoms with Crippen molar-refractivity contribution in [2.75, 3.05) is 12.4 Å². The van der Waals surface area contributed by atoms with Crippen LogP contribution in [0, 0.1) is 13.8 Å². The SMILES string of the molecule is CNc1nc2cc(-c3cccc(-c4c(C)noc4C)c3)ccc2s1. The molecule has 0 spiro atoms. The third kappa shape index (κ3) is 2.47. The van der Waals surface area contributed by atoms with Gasteiger partial charge in [0.15, 0.2) is 5.13 Å². The maximum absolute atomic E-state index is 5.30. The zero-order valence-corrected chi connectivity index (χ0v) is 14.6. The van der Waals surface area contributed by atoms with E-state index < -0.39 is 0 Å². The summed E-state index contributed by atoms with van der Waals surface area (Å²) in [6, 6.07) is 14.9. The van der Waals surface area contributed by atoms with Gasteiger partial charge in [-0.3, -0.25) is 0 Å². The highest BCUT2D eigenvalue weighted by Gasteiger charge is 2.12. The molecule has 4 aromatic rings. The van der Waals surface area contributed by atoms with Crippen LogP contribution >= 0.6 is 11.3 Å². The minimum absolute atomic E-state index is 0.846. The Labute approximate surface area is 144 Å². The van der Waals surface area contributed by atoms with Crippen molar-refractivity contribution >= 4 is 26.7 Å². The standard InChI is InChI=1S/C19H17N3OS/c1-11-18(12(2)23-22-11)15-6-4-5-13(9-15)14-7-8-17-16(10-14)21-19(20-3)24-17/h4-10H,1-3H3,(H,20,21). The van der Waals surface area contributed by atoms with Gasteiger partial charge in [0.1, 0.15) is 5.76 Å². The molecule has 5 heteroatoms. The average Bonchev–Trinajstić information content (AvgIpc) is 3.17. The van der Waals surface area contributed by atoms with Gasteiger partial charge in [0.25, 0.3) is 0 Å². The Balaban J connectivity index is 1.81. The molecule has 1 N–H and O–H groups in total. The molecule has 0 fully saturated rings. The summed E-state index contributed by atoms with van der Waals surface area (Å²) in [5, 5.41) is 8.10. The van der Waals surface area contributed by atoms with Gasteiger partial charge >= 0.3 is 0 Å². The fourth-order valence-electron chi connectivity index (χ4n) is 2.96. The van der Waals surface area contributed by atoms with Crippen LogP contribution in [0.3, 0.4) is 0 Å². The van der Waals surface area contributed by atoms with Gasteiger partial charge in [-0.2, -0.15) is 0 Å². The molecule has 0 radical (unpaired) electrons. The van der Waals surface area contributed by atoms with Crippen molar-refractivity contribution in [3.05, 3.63) is 53.9 Å². The van der Waals surface area contributed by atoms with E-state index in [1.54, 1.807) is 11.3 Å². The number of aryl methyl sites for hydroxylation is 2. The molecule has 4 rings (SSSR count). The van der Waals surface area contributed by atoms with E-state index in [1.165, 1.54) is 4.70 Å². The van der Waals surface area contributed by atoms with Gasteiger partial charge in [-0.15, -0.1) is 0 Å². The van der Waals surface area contributed by atoms with E-state index >= 15 is 0 Å². The van der Waals surface area contributed by atoms with E-state index in [9.17, 15) is 0 Å². The number of nitrogens with one attached hydrogen (secondary N) is 1. The van der Waals surface area contributed by atoms with Crippen LogP contribution in [0.2, 0.25) is 0 Å². The Morgan fingerprint density at radius 1 is 1.00 bits per heavy atom. The third-order valence-corrected chi connectivity index (χ3v) is 5.17. The summed E-state index contributed by atoms with van der Waals surface area (Å²) < 4.78 is 6.49. The lowest BCUT2D eigenvalue weighted by atomic mass is 9.98. The molecule has 120 valence electrons. The Morgan fingerprint density at radius 3 is 2.54 bits per heavy atom. The number of rotatable bonds is 3. The second-order valence-corrected chi connectivity index (χ2v) is 6.76. The first-order valence-corrected chi connectivity index (χ1v) is 8.59. The normalized spacial score (nSPS) is 11.1. The molecule has 4 nitrogen and oxygen atoms in total. The summed E-state index contributed by atoms with van der Waals surface area (Å²) in [6.07, 6.45) is 0. The van der Waals surface area contributed by atoms with Gasteiger partial charge in [-0.05, 0) is 48.7 Å². The summed E-state index contributed by atoms with van der Waals surface area (Å²) in [4.78, 5) is 4.60. The first-order valence-electron chi connectivity index (χ1n) is 7.78. The molecule has 2 heterocycles. The van der Waals surface area contributed by atoms with Gasteiger partial charge in [-0.25, -0.2) is 4.98 Å². The highest BCUT2D eigenvalue weighted by molar-refractivity contribution is 7.22. The first kappa shape index (κ1) is 14.9. The largest absolute Gasteiger partial charge is 0.365 e. The van der Waals surface area contributed by atoms with Gasteiger partial charge in [0.2, 0.25) is 0 Å². The monoisotopic (exact) mass is 335 g/mol. The number of benzene rings is 2. The molecule has 0 amide bonds. The third-order valence-electron chi connectivity index (χ3n) is 4.12. The lowest BCUT2D eigenvalue weighted by molar-refractivity contribution is 0.393. The Kier molecular flexibility index (Phi) is 3.58. The fraction of sp³-hybridized carbons (Fsp3) is 0.158. The zero-order chi connectivity index (χ0) is 16.7. The number of aromatic nitrogens is 2. The molecule has 24 heavy (non-hydrogen) atoms. The van der Waals surface area contributed by atoms with Crippen LogP contribution in [0.1, 0.15) is 11.5 Å². The molecule has 0 bridgehead atoms. The van der Waals surface area contributed by atoms with Crippen molar-refractivity contribution in [3.63, 3.8) is 0 Å². The second-order valence-electron chi connectivity index (χ2n) is 5.73. The summed E-state index contributed by atoms with van der Waals surface area (Å²) >= 11 is 1.66.